The van der Waals surface area contributed by atoms with E-state index in [1.807, 2.05) is 16.4 Å². The monoisotopic (exact) mass is 482 g/mol. The molecule has 2 aliphatic rings. The highest BCUT2D eigenvalue weighted by molar-refractivity contribution is 8.00. The van der Waals surface area contributed by atoms with Crippen LogP contribution in [0.1, 0.15) is 29.1 Å². The Kier molecular flexibility index (Phi) is 7.25. The van der Waals surface area contributed by atoms with E-state index in [2.05, 4.69) is 5.32 Å². The third kappa shape index (κ3) is 4.94. The summed E-state index contributed by atoms with van der Waals surface area (Å²) < 4.78 is 16.4. The molecule has 1 aromatic heterocycles. The maximum Gasteiger partial charge on any atom is 0.342 e. The van der Waals surface area contributed by atoms with Gasteiger partial charge < -0.3 is 35.8 Å². The molecule has 11 nitrogen and oxygen atoms in total. The van der Waals surface area contributed by atoms with Crippen LogP contribution >= 0.6 is 11.8 Å². The number of anilines is 1. The number of carboxylic acids is 3. The van der Waals surface area contributed by atoms with Gasteiger partial charge in [0.1, 0.15) is 17.4 Å². The number of carboxylic acid groups (broad SMARTS) is 3. The second kappa shape index (κ2) is 9.77. The van der Waals surface area contributed by atoms with Crippen LogP contribution in [0.2, 0.25) is 0 Å². The van der Waals surface area contributed by atoms with Gasteiger partial charge in [-0.1, -0.05) is 11.8 Å². The third-order valence-electron chi connectivity index (χ3n) is 5.26. The SMILES string of the molecule is C[C@H]1Sc2c(C(=O)O)c(=O)c3cc(F)c(N4CCNCC4)cc3n21.N[C@@H](CC(=O)O)C(=O)O. The van der Waals surface area contributed by atoms with Gasteiger partial charge in [-0.15, -0.1) is 0 Å². The lowest BCUT2D eigenvalue weighted by Gasteiger charge is -2.34. The minimum absolute atomic E-state index is 0.0162. The summed E-state index contributed by atoms with van der Waals surface area (Å²) in [6.45, 7) is 4.87. The molecule has 33 heavy (non-hydrogen) atoms. The molecule has 1 fully saturated rings. The molecule has 0 spiro atoms. The Morgan fingerprint density at radius 3 is 2.36 bits per heavy atom. The van der Waals surface area contributed by atoms with Gasteiger partial charge >= 0.3 is 17.9 Å². The number of piperazine rings is 1. The first kappa shape index (κ1) is 24.5. The van der Waals surface area contributed by atoms with Crippen LogP contribution in [-0.2, 0) is 9.59 Å². The number of aromatic nitrogens is 1. The Labute approximate surface area is 191 Å². The minimum atomic E-state index is -1.29. The van der Waals surface area contributed by atoms with E-state index < -0.39 is 41.6 Å². The van der Waals surface area contributed by atoms with Gasteiger partial charge in [0.25, 0.3) is 0 Å². The Morgan fingerprint density at radius 2 is 1.88 bits per heavy atom. The Morgan fingerprint density at radius 1 is 1.24 bits per heavy atom. The van der Waals surface area contributed by atoms with E-state index in [9.17, 15) is 28.7 Å². The fourth-order valence-electron chi connectivity index (χ4n) is 3.65. The molecular formula is C20H23FN4O7S. The largest absolute Gasteiger partial charge is 0.481 e. The quantitative estimate of drug-likeness (QED) is 0.406. The average molecular weight is 482 g/mol. The zero-order chi connectivity index (χ0) is 24.4. The number of aliphatic carboxylic acids is 2. The van der Waals surface area contributed by atoms with Crippen molar-refractivity contribution < 1.29 is 34.1 Å². The Hall–Kier alpha value is -3.16. The van der Waals surface area contributed by atoms with Crippen LogP contribution in [0.15, 0.2) is 22.0 Å². The van der Waals surface area contributed by atoms with Gasteiger partial charge in [-0.2, -0.15) is 0 Å². The Balaban J connectivity index is 0.000000292. The molecule has 178 valence electrons. The number of pyridine rings is 1. The molecule has 4 rings (SSSR count). The summed E-state index contributed by atoms with van der Waals surface area (Å²) in [5.41, 5.74) is 5.02. The molecule has 0 saturated carbocycles. The van der Waals surface area contributed by atoms with E-state index in [-0.39, 0.29) is 16.3 Å². The second-order valence-corrected chi connectivity index (χ2v) is 8.81. The van der Waals surface area contributed by atoms with Gasteiger partial charge in [-0.05, 0) is 19.1 Å². The maximum absolute atomic E-state index is 14.6. The molecular weight excluding hydrogens is 459 g/mol. The topological polar surface area (TPSA) is 175 Å². The van der Waals surface area contributed by atoms with Crippen LogP contribution in [0.25, 0.3) is 10.9 Å². The number of fused-ring (bicyclic) bond motifs is 3. The number of aromatic carboxylic acids is 1. The van der Waals surface area contributed by atoms with Gasteiger partial charge in [0.05, 0.1) is 28.0 Å². The van der Waals surface area contributed by atoms with E-state index in [1.54, 1.807) is 6.07 Å². The highest BCUT2D eigenvalue weighted by Gasteiger charge is 2.33. The number of rotatable bonds is 5. The van der Waals surface area contributed by atoms with Crippen molar-refractivity contribution in [1.82, 2.24) is 9.88 Å². The van der Waals surface area contributed by atoms with Crippen molar-refractivity contribution in [2.24, 2.45) is 5.73 Å². The number of benzene rings is 1. The van der Waals surface area contributed by atoms with Gasteiger partial charge in [0, 0.05) is 31.6 Å². The van der Waals surface area contributed by atoms with Crippen LogP contribution < -0.4 is 21.4 Å². The number of hydrogen-bond acceptors (Lipinski definition) is 8. The molecule has 6 N–H and O–H groups in total. The van der Waals surface area contributed by atoms with Crippen LogP contribution in [0.5, 0.6) is 0 Å². The van der Waals surface area contributed by atoms with E-state index in [0.717, 1.165) is 13.1 Å². The molecule has 0 unspecified atom stereocenters. The highest BCUT2D eigenvalue weighted by atomic mass is 32.2. The van der Waals surface area contributed by atoms with E-state index in [0.29, 0.717) is 29.3 Å². The summed E-state index contributed by atoms with van der Waals surface area (Å²) in [6, 6.07) is 1.58. The van der Waals surface area contributed by atoms with Crippen LogP contribution in [0.4, 0.5) is 10.1 Å². The van der Waals surface area contributed by atoms with E-state index in [1.165, 1.54) is 17.8 Å². The summed E-state index contributed by atoms with van der Waals surface area (Å²) >= 11 is 1.35. The van der Waals surface area contributed by atoms with Gasteiger partial charge in [0.2, 0.25) is 5.43 Å². The van der Waals surface area contributed by atoms with Crippen molar-refractivity contribution in [3.63, 3.8) is 0 Å². The first-order valence-electron chi connectivity index (χ1n) is 10.0. The lowest BCUT2D eigenvalue weighted by atomic mass is 10.1. The summed E-state index contributed by atoms with van der Waals surface area (Å²) in [4.78, 5) is 45.5. The predicted octanol–water partition coefficient (Wildman–Crippen LogP) is 0.746. The first-order valence-corrected chi connectivity index (χ1v) is 10.9. The zero-order valence-electron chi connectivity index (χ0n) is 17.6. The average Bonchev–Trinajstić information content (AvgIpc) is 2.74. The molecule has 2 atom stereocenters. The summed E-state index contributed by atoms with van der Waals surface area (Å²) in [6.07, 6.45) is -0.532. The number of thioether (sulfide) groups is 1. The van der Waals surface area contributed by atoms with Crippen LogP contribution in [0, 0.1) is 5.82 Å². The Bertz CT molecular complexity index is 1180. The van der Waals surface area contributed by atoms with Crippen molar-refractivity contribution in [2.45, 2.75) is 29.8 Å². The number of halogens is 1. The maximum atomic E-state index is 14.6. The first-order chi connectivity index (χ1) is 15.5. The number of nitrogens with two attached hydrogens (primary N) is 1. The number of hydrogen-bond donors (Lipinski definition) is 5. The molecule has 2 aliphatic heterocycles. The van der Waals surface area contributed by atoms with Crippen molar-refractivity contribution in [3.8, 4) is 0 Å². The molecule has 3 heterocycles. The van der Waals surface area contributed by atoms with Crippen LogP contribution in [0.3, 0.4) is 0 Å². The van der Waals surface area contributed by atoms with E-state index in [4.69, 9.17) is 15.9 Å². The number of nitrogens with one attached hydrogen (secondary N) is 1. The van der Waals surface area contributed by atoms with Crippen LogP contribution in [-0.4, -0.2) is 70.0 Å². The zero-order valence-corrected chi connectivity index (χ0v) is 18.4. The molecule has 0 amide bonds. The fourth-order valence-corrected chi connectivity index (χ4v) is 4.80. The standard InChI is InChI=1S/C16H16FN3O3S.C4H7NO4/c1-8-20-11-7-12(19-4-2-18-3-5-19)10(17)6-9(11)14(21)13(16(22)23)15(20)24-8;5-2(4(8)9)1-3(6)7/h6-8,18H,2-5H2,1H3,(H,22,23);2H,1,5H2,(H,6,7)(H,8,9)/t8-;2-/m10/s1. The van der Waals surface area contributed by atoms with Crippen molar-refractivity contribution in [3.05, 3.63) is 33.7 Å². The fraction of sp³-hybridized carbons (Fsp3) is 0.400. The van der Waals surface area contributed by atoms with Crippen molar-refractivity contribution >= 4 is 46.3 Å². The predicted molar refractivity (Wildman–Crippen MR) is 119 cm³/mol. The number of carbonyl (C=O) groups is 3. The summed E-state index contributed by atoms with van der Waals surface area (Å²) in [5, 5.41) is 29.2. The van der Waals surface area contributed by atoms with E-state index >= 15 is 0 Å². The lowest BCUT2D eigenvalue weighted by Crippen LogP contribution is -2.44. The molecule has 13 heteroatoms. The molecule has 0 bridgehead atoms. The molecule has 1 aromatic carbocycles. The molecule has 1 saturated heterocycles. The van der Waals surface area contributed by atoms with Gasteiger partial charge in [0.15, 0.2) is 0 Å². The van der Waals surface area contributed by atoms with Gasteiger partial charge in [-0.3, -0.25) is 14.4 Å². The highest BCUT2D eigenvalue weighted by Crippen LogP contribution is 2.46. The molecule has 2 aromatic rings. The second-order valence-electron chi connectivity index (χ2n) is 7.50. The number of nitrogens with zero attached hydrogens (tertiary/aromatic N) is 2. The third-order valence-corrected chi connectivity index (χ3v) is 6.43. The minimum Gasteiger partial charge on any atom is -0.481 e. The lowest BCUT2D eigenvalue weighted by molar-refractivity contribution is -0.144. The molecule has 0 aliphatic carbocycles. The normalized spacial score (nSPS) is 17.9. The molecule has 0 radical (unpaired) electrons. The van der Waals surface area contributed by atoms with Crippen molar-refractivity contribution in [1.29, 1.82) is 0 Å². The summed E-state index contributed by atoms with van der Waals surface area (Å²) in [7, 11) is 0. The smallest absolute Gasteiger partial charge is 0.342 e. The summed E-state index contributed by atoms with van der Waals surface area (Å²) in [5.74, 6) is -4.25. The van der Waals surface area contributed by atoms with Gasteiger partial charge in [-0.25, -0.2) is 9.18 Å². The van der Waals surface area contributed by atoms with Crippen molar-refractivity contribution in [2.75, 3.05) is 31.1 Å².